The van der Waals surface area contributed by atoms with Gasteiger partial charge < -0.3 is 5.32 Å². The molecule has 3 rings (SSSR count). The fourth-order valence-corrected chi connectivity index (χ4v) is 2.42. The van der Waals surface area contributed by atoms with Gasteiger partial charge in [-0.05, 0) is 36.8 Å². The summed E-state index contributed by atoms with van der Waals surface area (Å²) < 4.78 is 1.92. The lowest BCUT2D eigenvalue weighted by atomic mass is 10.2. The van der Waals surface area contributed by atoms with Gasteiger partial charge in [0.05, 0.1) is 11.3 Å². The van der Waals surface area contributed by atoms with Gasteiger partial charge in [-0.2, -0.15) is 5.26 Å². The summed E-state index contributed by atoms with van der Waals surface area (Å²) in [4.78, 5) is 8.63. The van der Waals surface area contributed by atoms with Crippen LogP contribution in [0.2, 0.25) is 5.02 Å². The van der Waals surface area contributed by atoms with E-state index in [1.807, 2.05) is 36.0 Å². The zero-order valence-electron chi connectivity index (χ0n) is 12.5. The third-order valence-corrected chi connectivity index (χ3v) is 3.70. The van der Waals surface area contributed by atoms with E-state index >= 15 is 0 Å². The lowest BCUT2D eigenvalue weighted by Gasteiger charge is -2.09. The first kappa shape index (κ1) is 15.1. The highest BCUT2D eigenvalue weighted by Crippen LogP contribution is 2.20. The first-order valence-corrected chi connectivity index (χ1v) is 7.44. The molecule has 0 saturated carbocycles. The molecule has 0 amide bonds. The van der Waals surface area contributed by atoms with E-state index in [1.54, 1.807) is 24.4 Å². The second-order valence-corrected chi connectivity index (χ2v) is 5.46. The van der Waals surface area contributed by atoms with Crippen LogP contribution >= 0.6 is 11.6 Å². The number of hydrogen-bond acceptors (Lipinski definition) is 4. The molecule has 0 aliphatic rings. The quantitative estimate of drug-likeness (QED) is 0.794. The first-order chi connectivity index (χ1) is 11.2. The van der Waals surface area contributed by atoms with Crippen molar-refractivity contribution in [3.63, 3.8) is 0 Å². The highest BCUT2D eigenvalue weighted by Gasteiger charge is 2.04. The minimum atomic E-state index is 0.524. The maximum absolute atomic E-state index is 9.14. The summed E-state index contributed by atoms with van der Waals surface area (Å²) in [6, 6.07) is 11.3. The summed E-state index contributed by atoms with van der Waals surface area (Å²) in [5, 5.41) is 12.9. The van der Waals surface area contributed by atoms with Crippen LogP contribution in [0.4, 0.5) is 5.69 Å². The van der Waals surface area contributed by atoms with Crippen LogP contribution in [0.15, 0.2) is 48.9 Å². The molecule has 0 spiro atoms. The zero-order chi connectivity index (χ0) is 16.2. The van der Waals surface area contributed by atoms with E-state index in [2.05, 4.69) is 21.4 Å². The molecule has 0 radical (unpaired) electrons. The predicted molar refractivity (Wildman–Crippen MR) is 89.6 cm³/mol. The first-order valence-electron chi connectivity index (χ1n) is 7.06. The fourth-order valence-electron chi connectivity index (χ4n) is 2.24. The van der Waals surface area contributed by atoms with Gasteiger partial charge >= 0.3 is 0 Å². The Morgan fingerprint density at radius 2 is 2.13 bits per heavy atom. The van der Waals surface area contributed by atoms with Crippen LogP contribution in [0.5, 0.6) is 0 Å². The molecule has 114 valence electrons. The number of imidazole rings is 1. The summed E-state index contributed by atoms with van der Waals surface area (Å²) in [6.07, 6.45) is 5.43. The van der Waals surface area contributed by atoms with Gasteiger partial charge in [0.1, 0.15) is 17.7 Å². The van der Waals surface area contributed by atoms with Crippen molar-refractivity contribution in [1.29, 1.82) is 5.26 Å². The molecule has 1 aromatic carbocycles. The van der Waals surface area contributed by atoms with Crippen LogP contribution in [0.3, 0.4) is 0 Å². The van der Waals surface area contributed by atoms with E-state index in [0.29, 0.717) is 17.1 Å². The van der Waals surface area contributed by atoms with Crippen LogP contribution < -0.4 is 5.32 Å². The molecule has 0 atom stereocenters. The van der Waals surface area contributed by atoms with Gasteiger partial charge in [-0.3, -0.25) is 4.57 Å². The number of anilines is 1. The molecular weight excluding hydrogens is 310 g/mol. The molecule has 5 nitrogen and oxygen atoms in total. The van der Waals surface area contributed by atoms with E-state index < -0.39 is 0 Å². The molecule has 0 aliphatic carbocycles. The topological polar surface area (TPSA) is 66.5 Å². The fraction of sp³-hybridized carbons (Fsp3) is 0.118. The summed E-state index contributed by atoms with van der Waals surface area (Å²) in [5.41, 5.74) is 2.30. The number of halogens is 1. The van der Waals surface area contributed by atoms with Crippen molar-refractivity contribution in [2.45, 2.75) is 13.5 Å². The molecule has 1 N–H and O–H groups in total. The van der Waals surface area contributed by atoms with E-state index in [1.165, 1.54) is 0 Å². The minimum absolute atomic E-state index is 0.524. The zero-order valence-corrected chi connectivity index (χ0v) is 13.2. The average Bonchev–Trinajstić information content (AvgIpc) is 3.00. The maximum Gasteiger partial charge on any atom is 0.137 e. The number of aromatic nitrogens is 3. The molecule has 2 aromatic heterocycles. The standard InChI is InChI=1S/C17H14ClN5/c1-12-20-6-7-23(12)17-5-2-13(11-22-17)10-21-16-4-3-15(18)8-14(16)9-19/h2-8,11,21H,10H2,1H3. The number of nitrogens with zero attached hydrogens (tertiary/aromatic N) is 4. The van der Waals surface area contributed by atoms with Crippen molar-refractivity contribution in [1.82, 2.24) is 14.5 Å². The van der Waals surface area contributed by atoms with Crippen molar-refractivity contribution in [3.05, 3.63) is 70.9 Å². The molecule has 0 aliphatic heterocycles. The van der Waals surface area contributed by atoms with Crippen molar-refractivity contribution in [3.8, 4) is 11.9 Å². The molecule has 0 bridgehead atoms. The minimum Gasteiger partial charge on any atom is -0.380 e. The van der Waals surface area contributed by atoms with E-state index in [-0.39, 0.29) is 0 Å². The Labute approximate surface area is 139 Å². The molecule has 0 saturated heterocycles. The number of rotatable bonds is 4. The van der Waals surface area contributed by atoms with Gasteiger partial charge in [0.15, 0.2) is 0 Å². The molecule has 0 unspecified atom stereocenters. The second kappa shape index (κ2) is 6.51. The number of hydrogen-bond donors (Lipinski definition) is 1. The summed E-state index contributed by atoms with van der Waals surface area (Å²) >= 11 is 5.90. The largest absolute Gasteiger partial charge is 0.380 e. The highest BCUT2D eigenvalue weighted by molar-refractivity contribution is 6.30. The van der Waals surface area contributed by atoms with Crippen molar-refractivity contribution in [2.75, 3.05) is 5.32 Å². The van der Waals surface area contributed by atoms with Crippen LogP contribution in [0.1, 0.15) is 17.0 Å². The third kappa shape index (κ3) is 3.33. The lowest BCUT2D eigenvalue weighted by Crippen LogP contribution is -2.03. The van der Waals surface area contributed by atoms with Gasteiger partial charge in [0, 0.05) is 30.2 Å². The lowest BCUT2D eigenvalue weighted by molar-refractivity contribution is 0.926. The van der Waals surface area contributed by atoms with Gasteiger partial charge in [0.25, 0.3) is 0 Å². The van der Waals surface area contributed by atoms with Gasteiger partial charge in [-0.25, -0.2) is 9.97 Å². The van der Waals surface area contributed by atoms with E-state index in [0.717, 1.165) is 22.9 Å². The van der Waals surface area contributed by atoms with Crippen molar-refractivity contribution < 1.29 is 0 Å². The Morgan fingerprint density at radius 3 is 2.78 bits per heavy atom. The van der Waals surface area contributed by atoms with Crippen LogP contribution in [0.25, 0.3) is 5.82 Å². The Kier molecular flexibility index (Phi) is 4.26. The molecule has 2 heterocycles. The number of benzene rings is 1. The normalized spacial score (nSPS) is 10.3. The Hall–Kier alpha value is -2.84. The summed E-state index contributed by atoms with van der Waals surface area (Å²) in [5.74, 6) is 1.72. The summed E-state index contributed by atoms with van der Waals surface area (Å²) in [6.45, 7) is 2.51. The highest BCUT2D eigenvalue weighted by atomic mass is 35.5. The average molecular weight is 324 g/mol. The SMILES string of the molecule is Cc1nccn1-c1ccc(CNc2ccc(Cl)cc2C#N)cn1. The number of nitrogens with one attached hydrogen (secondary N) is 1. The van der Waals surface area contributed by atoms with Crippen LogP contribution in [-0.2, 0) is 6.54 Å². The number of pyridine rings is 1. The molecule has 0 fully saturated rings. The van der Waals surface area contributed by atoms with Gasteiger partial charge in [-0.15, -0.1) is 0 Å². The maximum atomic E-state index is 9.14. The monoisotopic (exact) mass is 323 g/mol. The Bertz CT molecular complexity index is 861. The number of nitriles is 1. The van der Waals surface area contributed by atoms with Crippen molar-refractivity contribution >= 4 is 17.3 Å². The molecule has 3 aromatic rings. The second-order valence-electron chi connectivity index (χ2n) is 5.02. The van der Waals surface area contributed by atoms with Crippen molar-refractivity contribution in [2.24, 2.45) is 0 Å². The molecule has 6 heteroatoms. The third-order valence-electron chi connectivity index (χ3n) is 3.47. The smallest absolute Gasteiger partial charge is 0.137 e. The van der Waals surface area contributed by atoms with Crippen LogP contribution in [0, 0.1) is 18.3 Å². The summed E-state index contributed by atoms with van der Waals surface area (Å²) in [7, 11) is 0. The molecular formula is C17H14ClN5. The van der Waals surface area contributed by atoms with Gasteiger partial charge in [-0.1, -0.05) is 17.7 Å². The molecule has 23 heavy (non-hydrogen) atoms. The predicted octanol–water partition coefficient (Wildman–Crippen LogP) is 3.71. The Morgan fingerprint density at radius 1 is 1.26 bits per heavy atom. The van der Waals surface area contributed by atoms with Gasteiger partial charge in [0.2, 0.25) is 0 Å². The van der Waals surface area contributed by atoms with E-state index in [9.17, 15) is 0 Å². The van der Waals surface area contributed by atoms with Crippen LogP contribution in [-0.4, -0.2) is 14.5 Å². The van der Waals surface area contributed by atoms with E-state index in [4.69, 9.17) is 16.9 Å². The number of aryl methyl sites for hydroxylation is 1. The Balaban J connectivity index is 1.72.